The van der Waals surface area contributed by atoms with E-state index in [-0.39, 0.29) is 0 Å². The molecule has 0 amide bonds. The van der Waals surface area contributed by atoms with Gasteiger partial charge in [-0.1, -0.05) is 0 Å². The van der Waals surface area contributed by atoms with Gasteiger partial charge in [0.15, 0.2) is 11.6 Å². The molecule has 0 bridgehead atoms. The van der Waals surface area contributed by atoms with Crippen molar-refractivity contribution in [2.24, 2.45) is 0 Å². The lowest BCUT2D eigenvalue weighted by atomic mass is 10.4. The molecule has 0 fully saturated rings. The summed E-state index contributed by atoms with van der Waals surface area (Å²) in [6.45, 7) is 0.540. The van der Waals surface area contributed by atoms with Gasteiger partial charge in [-0.3, -0.25) is 0 Å². The normalized spacial score (nSPS) is 19.6. The minimum atomic E-state index is -0.529. The number of aliphatic hydroxyl groups is 1. The van der Waals surface area contributed by atoms with Gasteiger partial charge in [0.05, 0.1) is 6.54 Å². The molecule has 3 heterocycles. The van der Waals surface area contributed by atoms with Gasteiger partial charge < -0.3 is 14.2 Å². The lowest BCUT2D eigenvalue weighted by molar-refractivity contribution is 0.0809. The molecular weight excluding hydrogens is 168 g/mol. The average molecular weight is 176 g/mol. The third-order valence-corrected chi connectivity index (χ3v) is 2.27. The Balaban J connectivity index is 2.30. The van der Waals surface area contributed by atoms with E-state index in [0.29, 0.717) is 6.54 Å². The molecule has 0 radical (unpaired) electrons. The Morgan fingerprint density at radius 2 is 2.00 bits per heavy atom. The summed E-state index contributed by atoms with van der Waals surface area (Å²) in [5.41, 5.74) is 0. The van der Waals surface area contributed by atoms with Crippen molar-refractivity contribution in [1.82, 2.24) is 19.1 Å². The van der Waals surface area contributed by atoms with Crippen LogP contribution in [0, 0.1) is 0 Å². The summed E-state index contributed by atoms with van der Waals surface area (Å²) in [6.07, 6.45) is 6.46. The predicted octanol–water partition coefficient (Wildman–Crippen LogP) is 0.251. The van der Waals surface area contributed by atoms with Crippen LogP contribution in [0.1, 0.15) is 6.23 Å². The van der Waals surface area contributed by atoms with Crippen LogP contribution in [-0.4, -0.2) is 24.2 Å². The summed E-state index contributed by atoms with van der Waals surface area (Å²) >= 11 is 0. The first-order valence-corrected chi connectivity index (χ1v) is 4.08. The van der Waals surface area contributed by atoms with Crippen molar-refractivity contribution in [2.45, 2.75) is 12.8 Å². The Morgan fingerprint density at radius 1 is 1.23 bits per heavy atom. The van der Waals surface area contributed by atoms with E-state index in [2.05, 4.69) is 9.97 Å². The van der Waals surface area contributed by atoms with E-state index in [4.69, 9.17) is 0 Å². The zero-order valence-corrected chi connectivity index (χ0v) is 6.83. The SMILES string of the molecule is OC1Cn2ccnc2-c2nccn21. The van der Waals surface area contributed by atoms with Gasteiger partial charge in [0.1, 0.15) is 6.23 Å². The van der Waals surface area contributed by atoms with Crippen LogP contribution >= 0.6 is 0 Å². The van der Waals surface area contributed by atoms with Crippen LogP contribution in [0.25, 0.3) is 11.6 Å². The van der Waals surface area contributed by atoms with Gasteiger partial charge in [-0.2, -0.15) is 0 Å². The summed E-state index contributed by atoms with van der Waals surface area (Å²) in [6, 6.07) is 0. The Bertz CT molecular complexity index is 444. The van der Waals surface area contributed by atoms with Gasteiger partial charge >= 0.3 is 0 Å². The van der Waals surface area contributed by atoms with E-state index in [9.17, 15) is 5.11 Å². The van der Waals surface area contributed by atoms with E-state index in [1.807, 2.05) is 10.8 Å². The van der Waals surface area contributed by atoms with Crippen molar-refractivity contribution >= 4 is 0 Å². The van der Waals surface area contributed by atoms with Crippen molar-refractivity contribution in [2.75, 3.05) is 0 Å². The van der Waals surface area contributed by atoms with Crippen LogP contribution < -0.4 is 0 Å². The smallest absolute Gasteiger partial charge is 0.178 e. The van der Waals surface area contributed by atoms with Crippen LogP contribution in [0.15, 0.2) is 24.8 Å². The van der Waals surface area contributed by atoms with Gasteiger partial charge in [0, 0.05) is 24.8 Å². The Hall–Kier alpha value is -1.62. The lowest BCUT2D eigenvalue weighted by Gasteiger charge is -2.21. The quantitative estimate of drug-likeness (QED) is 0.626. The molecule has 2 aromatic heterocycles. The van der Waals surface area contributed by atoms with Gasteiger partial charge in [-0.15, -0.1) is 0 Å². The third-order valence-electron chi connectivity index (χ3n) is 2.27. The fourth-order valence-electron chi connectivity index (χ4n) is 1.65. The Morgan fingerprint density at radius 3 is 2.92 bits per heavy atom. The van der Waals surface area contributed by atoms with Crippen molar-refractivity contribution < 1.29 is 5.11 Å². The van der Waals surface area contributed by atoms with E-state index in [1.54, 1.807) is 23.2 Å². The summed E-state index contributed by atoms with van der Waals surface area (Å²) in [7, 11) is 0. The molecular formula is C8H8N4O. The second kappa shape index (κ2) is 2.20. The van der Waals surface area contributed by atoms with Gasteiger partial charge in [-0.05, 0) is 0 Å². The molecule has 3 rings (SSSR count). The standard InChI is InChI=1S/C8H8N4O/c13-6-5-11-3-1-9-7(11)8-10-2-4-12(6)8/h1-4,6,13H,5H2. The lowest BCUT2D eigenvalue weighted by Crippen LogP contribution is -2.21. The zero-order valence-electron chi connectivity index (χ0n) is 6.83. The maximum absolute atomic E-state index is 9.69. The minimum Gasteiger partial charge on any atom is -0.371 e. The van der Waals surface area contributed by atoms with E-state index in [0.717, 1.165) is 11.6 Å². The summed E-state index contributed by atoms with van der Waals surface area (Å²) in [4.78, 5) is 8.31. The molecule has 1 aliphatic heterocycles. The maximum Gasteiger partial charge on any atom is 0.178 e. The zero-order chi connectivity index (χ0) is 8.84. The summed E-state index contributed by atoms with van der Waals surface area (Å²) < 4.78 is 3.62. The summed E-state index contributed by atoms with van der Waals surface area (Å²) in [5, 5.41) is 9.69. The second-order valence-corrected chi connectivity index (χ2v) is 3.04. The molecule has 2 aromatic rings. The molecule has 0 aromatic carbocycles. The van der Waals surface area contributed by atoms with Crippen molar-refractivity contribution in [1.29, 1.82) is 0 Å². The second-order valence-electron chi connectivity index (χ2n) is 3.04. The number of rotatable bonds is 0. The van der Waals surface area contributed by atoms with Crippen LogP contribution in [0.3, 0.4) is 0 Å². The highest BCUT2D eigenvalue weighted by molar-refractivity contribution is 5.46. The molecule has 1 aliphatic rings. The third kappa shape index (κ3) is 0.790. The highest BCUT2D eigenvalue weighted by Crippen LogP contribution is 2.25. The predicted molar refractivity (Wildman–Crippen MR) is 44.7 cm³/mol. The van der Waals surface area contributed by atoms with E-state index in [1.165, 1.54) is 0 Å². The van der Waals surface area contributed by atoms with Crippen molar-refractivity contribution in [3.8, 4) is 11.6 Å². The average Bonchev–Trinajstić information content (AvgIpc) is 2.66. The maximum atomic E-state index is 9.69. The molecule has 13 heavy (non-hydrogen) atoms. The van der Waals surface area contributed by atoms with Gasteiger partial charge in [0.2, 0.25) is 0 Å². The molecule has 0 spiro atoms. The molecule has 0 saturated carbocycles. The van der Waals surface area contributed by atoms with Crippen LogP contribution in [0.2, 0.25) is 0 Å². The Labute approximate surface area is 74.3 Å². The Kier molecular flexibility index (Phi) is 1.16. The number of fused-ring (bicyclic) bond motifs is 3. The highest BCUT2D eigenvalue weighted by Gasteiger charge is 2.22. The van der Waals surface area contributed by atoms with E-state index < -0.39 is 6.23 Å². The first-order chi connectivity index (χ1) is 6.36. The molecule has 1 N–H and O–H groups in total. The number of hydrogen-bond donors (Lipinski definition) is 1. The highest BCUT2D eigenvalue weighted by atomic mass is 16.3. The van der Waals surface area contributed by atoms with Crippen molar-refractivity contribution in [3.05, 3.63) is 24.8 Å². The van der Waals surface area contributed by atoms with Crippen LogP contribution in [0.5, 0.6) is 0 Å². The fourth-order valence-corrected chi connectivity index (χ4v) is 1.65. The molecule has 1 unspecified atom stereocenters. The topological polar surface area (TPSA) is 55.9 Å². The van der Waals surface area contributed by atoms with Gasteiger partial charge in [0.25, 0.3) is 0 Å². The number of nitrogens with zero attached hydrogens (tertiary/aromatic N) is 4. The van der Waals surface area contributed by atoms with Crippen molar-refractivity contribution in [3.63, 3.8) is 0 Å². The van der Waals surface area contributed by atoms with E-state index >= 15 is 0 Å². The van der Waals surface area contributed by atoms with Gasteiger partial charge in [-0.25, -0.2) is 9.97 Å². The number of aromatic nitrogens is 4. The number of imidazole rings is 2. The number of aliphatic hydroxyl groups excluding tert-OH is 1. The molecule has 0 aliphatic carbocycles. The largest absolute Gasteiger partial charge is 0.371 e. The minimum absolute atomic E-state index is 0.529. The molecule has 0 saturated heterocycles. The fraction of sp³-hybridized carbons (Fsp3) is 0.250. The van der Waals surface area contributed by atoms with Crippen LogP contribution in [-0.2, 0) is 6.54 Å². The monoisotopic (exact) mass is 176 g/mol. The first-order valence-electron chi connectivity index (χ1n) is 4.08. The molecule has 66 valence electrons. The summed E-state index contributed by atoms with van der Waals surface area (Å²) in [5.74, 6) is 1.54. The molecule has 5 heteroatoms. The first kappa shape index (κ1) is 6.85. The molecule has 5 nitrogen and oxygen atoms in total. The van der Waals surface area contributed by atoms with Crippen LogP contribution in [0.4, 0.5) is 0 Å². The molecule has 1 atom stereocenters. The number of hydrogen-bond acceptors (Lipinski definition) is 3.